The van der Waals surface area contributed by atoms with Crippen molar-refractivity contribution in [3.05, 3.63) is 46.0 Å². The van der Waals surface area contributed by atoms with Gasteiger partial charge in [-0.3, -0.25) is 10.1 Å². The van der Waals surface area contributed by atoms with Crippen LogP contribution in [-0.4, -0.2) is 10.9 Å². The van der Waals surface area contributed by atoms with Crippen LogP contribution in [-0.2, 0) is 19.4 Å². The van der Waals surface area contributed by atoms with E-state index in [0.29, 0.717) is 12.1 Å². The number of fused-ring (bicyclic) bond motifs is 1. The third-order valence-corrected chi connectivity index (χ3v) is 5.33. The van der Waals surface area contributed by atoms with E-state index in [1.54, 1.807) is 23.5 Å². The van der Waals surface area contributed by atoms with E-state index in [4.69, 9.17) is 5.73 Å². The third-order valence-electron chi connectivity index (χ3n) is 4.29. The zero-order valence-corrected chi connectivity index (χ0v) is 14.8. The molecular weight excluding hydrogens is 330 g/mol. The van der Waals surface area contributed by atoms with Crippen molar-refractivity contribution in [2.24, 2.45) is 11.7 Å². The average Bonchev–Trinajstić information content (AvgIpc) is 2.95. The van der Waals surface area contributed by atoms with Crippen molar-refractivity contribution in [1.29, 1.82) is 0 Å². The summed E-state index contributed by atoms with van der Waals surface area (Å²) >= 11 is 1.62. The molecule has 0 radical (unpaired) electrons. The molecule has 0 saturated heterocycles. The monoisotopic (exact) mass is 351 g/mol. The van der Waals surface area contributed by atoms with Crippen LogP contribution < -0.4 is 11.1 Å². The molecule has 1 aromatic carbocycles. The van der Waals surface area contributed by atoms with Gasteiger partial charge in [0.25, 0.3) is 5.91 Å². The predicted octanol–water partition coefficient (Wildman–Crippen LogP) is 3.79. The lowest BCUT2D eigenvalue weighted by molar-refractivity contribution is 0.102. The second-order valence-electron chi connectivity index (χ2n) is 5.76. The number of carbonyl (C=O) groups excluding carboxylic acids is 1. The summed E-state index contributed by atoms with van der Waals surface area (Å²) in [7, 11) is 0. The van der Waals surface area contributed by atoms with Gasteiger partial charge in [-0.2, -0.15) is 0 Å². The molecule has 4 nitrogen and oxygen atoms in total. The number of halogens is 1. The van der Waals surface area contributed by atoms with Crippen molar-refractivity contribution in [2.45, 2.75) is 39.2 Å². The first-order chi connectivity index (χ1) is 10.7. The lowest BCUT2D eigenvalue weighted by Crippen LogP contribution is -2.12. The van der Waals surface area contributed by atoms with Crippen molar-refractivity contribution in [2.75, 3.05) is 5.32 Å². The maximum absolute atomic E-state index is 12.3. The number of carbonyl (C=O) groups is 1. The summed E-state index contributed by atoms with van der Waals surface area (Å²) in [5.41, 5.74) is 8.40. The van der Waals surface area contributed by atoms with Gasteiger partial charge in [-0.05, 0) is 42.9 Å². The smallest absolute Gasteiger partial charge is 0.257 e. The van der Waals surface area contributed by atoms with Crippen LogP contribution in [0.5, 0.6) is 0 Å². The molecule has 124 valence electrons. The van der Waals surface area contributed by atoms with E-state index in [1.165, 1.54) is 23.4 Å². The highest BCUT2D eigenvalue weighted by atomic mass is 35.5. The van der Waals surface area contributed by atoms with E-state index in [0.717, 1.165) is 29.5 Å². The van der Waals surface area contributed by atoms with Gasteiger partial charge in [0.05, 0.1) is 5.69 Å². The molecule has 0 aliphatic heterocycles. The zero-order valence-electron chi connectivity index (χ0n) is 13.2. The van der Waals surface area contributed by atoms with Crippen LogP contribution in [0.3, 0.4) is 0 Å². The Bertz CT molecular complexity index is 669. The van der Waals surface area contributed by atoms with E-state index in [1.807, 2.05) is 12.1 Å². The van der Waals surface area contributed by atoms with Crippen molar-refractivity contribution < 1.29 is 4.79 Å². The number of hydrogen-bond donors (Lipinski definition) is 2. The minimum absolute atomic E-state index is 0. The first kappa shape index (κ1) is 17.9. The average molecular weight is 352 g/mol. The maximum atomic E-state index is 12.3. The van der Waals surface area contributed by atoms with Crippen molar-refractivity contribution in [3.8, 4) is 0 Å². The van der Waals surface area contributed by atoms with Crippen LogP contribution in [0.2, 0.25) is 0 Å². The SMILES string of the molecule is CCC1CCc2nc(NC(=O)c3ccc(CN)cc3)sc2C1.Cl. The Labute approximate surface area is 146 Å². The molecule has 1 aliphatic carbocycles. The minimum Gasteiger partial charge on any atom is -0.326 e. The quantitative estimate of drug-likeness (QED) is 0.880. The summed E-state index contributed by atoms with van der Waals surface area (Å²) in [6.07, 6.45) is 4.56. The Morgan fingerprint density at radius 2 is 2.13 bits per heavy atom. The molecule has 3 rings (SSSR count). The molecule has 1 unspecified atom stereocenters. The second-order valence-corrected chi connectivity index (χ2v) is 6.84. The summed E-state index contributed by atoms with van der Waals surface area (Å²) in [6, 6.07) is 7.37. The number of hydrogen-bond acceptors (Lipinski definition) is 4. The van der Waals surface area contributed by atoms with Gasteiger partial charge in [0.2, 0.25) is 0 Å². The number of nitrogens with one attached hydrogen (secondary N) is 1. The predicted molar refractivity (Wildman–Crippen MR) is 97.5 cm³/mol. The molecule has 0 bridgehead atoms. The van der Waals surface area contributed by atoms with Crippen LogP contribution >= 0.6 is 23.7 Å². The normalized spacial score (nSPS) is 16.3. The molecular formula is C17H22ClN3OS. The standard InChI is InChI=1S/C17H21N3OS.ClH/c1-2-11-5-8-14-15(9-11)22-17(19-14)20-16(21)13-6-3-12(10-18)4-7-13;/h3-4,6-7,11H,2,5,8-10,18H2,1H3,(H,19,20,21);1H. The number of thiazole rings is 1. The fourth-order valence-electron chi connectivity index (χ4n) is 2.81. The molecule has 1 atom stereocenters. The lowest BCUT2D eigenvalue weighted by atomic mass is 9.89. The number of anilines is 1. The highest BCUT2D eigenvalue weighted by Crippen LogP contribution is 2.33. The highest BCUT2D eigenvalue weighted by Gasteiger charge is 2.22. The fourth-order valence-corrected chi connectivity index (χ4v) is 3.92. The molecule has 0 fully saturated rings. The van der Waals surface area contributed by atoms with E-state index in [-0.39, 0.29) is 18.3 Å². The molecule has 1 heterocycles. The van der Waals surface area contributed by atoms with Crippen LogP contribution in [0, 0.1) is 5.92 Å². The van der Waals surface area contributed by atoms with E-state index < -0.39 is 0 Å². The van der Waals surface area contributed by atoms with E-state index in [9.17, 15) is 4.79 Å². The molecule has 1 aromatic heterocycles. The number of nitrogens with two attached hydrogens (primary N) is 1. The number of aryl methyl sites for hydroxylation is 1. The Morgan fingerprint density at radius 1 is 1.39 bits per heavy atom. The summed E-state index contributed by atoms with van der Waals surface area (Å²) < 4.78 is 0. The molecule has 1 amide bonds. The van der Waals surface area contributed by atoms with Crippen molar-refractivity contribution in [1.82, 2.24) is 4.98 Å². The Kier molecular flexibility index (Phi) is 6.16. The molecule has 3 N–H and O–H groups in total. The molecule has 1 aliphatic rings. The number of benzene rings is 1. The van der Waals surface area contributed by atoms with Crippen LogP contribution in [0.4, 0.5) is 5.13 Å². The number of rotatable bonds is 4. The van der Waals surface area contributed by atoms with Gasteiger partial charge in [0, 0.05) is 17.0 Å². The largest absolute Gasteiger partial charge is 0.326 e. The van der Waals surface area contributed by atoms with Crippen molar-refractivity contribution >= 4 is 34.8 Å². The molecule has 6 heteroatoms. The Hall–Kier alpha value is -1.43. The third kappa shape index (κ3) is 4.10. The first-order valence-corrected chi connectivity index (χ1v) is 8.60. The number of amides is 1. The zero-order chi connectivity index (χ0) is 15.5. The highest BCUT2D eigenvalue weighted by molar-refractivity contribution is 7.15. The summed E-state index contributed by atoms with van der Waals surface area (Å²) in [6.45, 7) is 2.73. The van der Waals surface area contributed by atoms with Crippen LogP contribution in [0.25, 0.3) is 0 Å². The summed E-state index contributed by atoms with van der Waals surface area (Å²) in [5.74, 6) is 0.655. The molecule has 23 heavy (non-hydrogen) atoms. The lowest BCUT2D eigenvalue weighted by Gasteiger charge is -2.18. The fraction of sp³-hybridized carbons (Fsp3) is 0.412. The van der Waals surface area contributed by atoms with Gasteiger partial charge in [-0.1, -0.05) is 25.5 Å². The summed E-state index contributed by atoms with van der Waals surface area (Å²) in [5, 5.41) is 3.64. The van der Waals surface area contributed by atoms with Gasteiger partial charge in [0.1, 0.15) is 0 Å². The van der Waals surface area contributed by atoms with Gasteiger partial charge in [-0.25, -0.2) is 4.98 Å². The maximum Gasteiger partial charge on any atom is 0.257 e. The minimum atomic E-state index is -0.110. The van der Waals surface area contributed by atoms with E-state index in [2.05, 4.69) is 17.2 Å². The second kappa shape index (κ2) is 7.90. The van der Waals surface area contributed by atoms with Gasteiger partial charge >= 0.3 is 0 Å². The van der Waals surface area contributed by atoms with Gasteiger partial charge < -0.3 is 5.73 Å². The molecule has 2 aromatic rings. The number of aromatic nitrogens is 1. The first-order valence-electron chi connectivity index (χ1n) is 7.78. The van der Waals surface area contributed by atoms with Gasteiger partial charge in [0.15, 0.2) is 5.13 Å². The summed E-state index contributed by atoms with van der Waals surface area (Å²) in [4.78, 5) is 18.2. The number of nitrogens with zero attached hydrogens (tertiary/aromatic N) is 1. The Morgan fingerprint density at radius 3 is 2.78 bits per heavy atom. The van der Waals surface area contributed by atoms with Crippen LogP contribution in [0.1, 0.15) is 46.3 Å². The van der Waals surface area contributed by atoms with Gasteiger partial charge in [-0.15, -0.1) is 23.7 Å². The molecule has 0 spiro atoms. The van der Waals surface area contributed by atoms with Crippen LogP contribution in [0.15, 0.2) is 24.3 Å². The van der Waals surface area contributed by atoms with E-state index >= 15 is 0 Å². The topological polar surface area (TPSA) is 68.0 Å². The Balaban J connectivity index is 0.00000192. The molecule has 0 saturated carbocycles. The van der Waals surface area contributed by atoms with Crippen molar-refractivity contribution in [3.63, 3.8) is 0 Å².